The normalized spacial score (nSPS) is 54.4. The van der Waals surface area contributed by atoms with Crippen molar-refractivity contribution in [2.45, 2.75) is 95.2 Å². The van der Waals surface area contributed by atoms with Crippen LogP contribution in [0, 0.1) is 22.7 Å². The SMILES string of the molecule is CC1(C)COC2(CCC34O[C@]3(CCC3C4=CC[C@@]4(C)C3CC[C@@H]4O)C2)OC1. The number of rotatable bonds is 0. The van der Waals surface area contributed by atoms with Gasteiger partial charge in [-0.25, -0.2) is 0 Å². The molecule has 4 aliphatic carbocycles. The van der Waals surface area contributed by atoms with Gasteiger partial charge in [-0.1, -0.05) is 26.8 Å². The predicted molar refractivity (Wildman–Crippen MR) is 101 cm³/mol. The summed E-state index contributed by atoms with van der Waals surface area (Å²) >= 11 is 0. The Morgan fingerprint density at radius 3 is 2.56 bits per heavy atom. The second-order valence-corrected chi connectivity index (χ2v) is 11.5. The standard InChI is InChI=1S/C23H34O4/c1-19(2)13-25-22(26-14-19)10-11-23-17-7-8-20(3)16(4-5-18(20)24)15(17)6-9-21(23,12-22)27-23/h7,15-16,18,24H,4-6,8-14H2,1-3H3/t15?,16?,18-,20-,21+,23?/m0/s1. The molecule has 0 aromatic rings. The Bertz CT molecular complexity index is 703. The summed E-state index contributed by atoms with van der Waals surface area (Å²) in [5.74, 6) is 0.816. The van der Waals surface area contributed by atoms with Crippen molar-refractivity contribution in [3.8, 4) is 0 Å². The Hall–Kier alpha value is -0.420. The van der Waals surface area contributed by atoms with E-state index in [0.29, 0.717) is 11.8 Å². The van der Waals surface area contributed by atoms with Crippen LogP contribution in [0.3, 0.4) is 0 Å². The van der Waals surface area contributed by atoms with Gasteiger partial charge in [-0.05, 0) is 55.9 Å². The zero-order chi connectivity index (χ0) is 18.7. The molecule has 0 aromatic heterocycles. The third-order valence-corrected chi connectivity index (χ3v) is 9.26. The van der Waals surface area contributed by atoms with Crippen molar-refractivity contribution in [1.29, 1.82) is 0 Å². The van der Waals surface area contributed by atoms with Crippen LogP contribution in [0.2, 0.25) is 0 Å². The fraction of sp³-hybridized carbons (Fsp3) is 0.913. The summed E-state index contributed by atoms with van der Waals surface area (Å²) in [7, 11) is 0. The summed E-state index contributed by atoms with van der Waals surface area (Å²) in [6.45, 7) is 8.30. The van der Waals surface area contributed by atoms with Gasteiger partial charge in [-0.2, -0.15) is 0 Å². The fourth-order valence-electron chi connectivity index (χ4n) is 7.55. The lowest BCUT2D eigenvalue weighted by molar-refractivity contribution is -0.313. The highest BCUT2D eigenvalue weighted by Gasteiger charge is 2.79. The molecular weight excluding hydrogens is 340 g/mol. The van der Waals surface area contributed by atoms with E-state index in [1.165, 1.54) is 12.8 Å². The van der Waals surface area contributed by atoms with Crippen molar-refractivity contribution in [2.75, 3.05) is 13.2 Å². The van der Waals surface area contributed by atoms with Crippen LogP contribution >= 0.6 is 0 Å². The average molecular weight is 375 g/mol. The predicted octanol–water partition coefficient (Wildman–Crippen LogP) is 3.96. The van der Waals surface area contributed by atoms with E-state index in [9.17, 15) is 5.11 Å². The van der Waals surface area contributed by atoms with Crippen LogP contribution in [0.1, 0.15) is 72.1 Å². The first-order chi connectivity index (χ1) is 12.7. The van der Waals surface area contributed by atoms with Crippen LogP contribution in [0.4, 0.5) is 0 Å². The van der Waals surface area contributed by atoms with Crippen molar-refractivity contribution in [1.82, 2.24) is 0 Å². The van der Waals surface area contributed by atoms with Crippen molar-refractivity contribution in [3.63, 3.8) is 0 Å². The highest BCUT2D eigenvalue weighted by atomic mass is 16.7. The van der Waals surface area contributed by atoms with Crippen LogP contribution in [0.15, 0.2) is 11.6 Å². The number of ether oxygens (including phenoxy) is 3. The fourth-order valence-corrected chi connectivity index (χ4v) is 7.55. The average Bonchev–Trinajstić information content (AvgIpc) is 3.23. The molecule has 6 aliphatic rings. The van der Waals surface area contributed by atoms with Crippen LogP contribution < -0.4 is 0 Å². The first-order valence-electron chi connectivity index (χ1n) is 11.1. The minimum absolute atomic E-state index is 0.0459. The number of aliphatic hydroxyl groups is 1. The molecule has 3 unspecified atom stereocenters. The largest absolute Gasteiger partial charge is 0.393 e. The van der Waals surface area contributed by atoms with Crippen molar-refractivity contribution >= 4 is 0 Å². The lowest BCUT2D eigenvalue weighted by Crippen LogP contribution is -2.56. The Morgan fingerprint density at radius 2 is 1.78 bits per heavy atom. The molecular formula is C23H34O4. The molecule has 0 radical (unpaired) electrons. The van der Waals surface area contributed by atoms with Crippen LogP contribution in [-0.2, 0) is 14.2 Å². The van der Waals surface area contributed by atoms with Crippen molar-refractivity contribution < 1.29 is 19.3 Å². The maximum atomic E-state index is 10.6. The zero-order valence-electron chi connectivity index (χ0n) is 17.1. The molecule has 6 rings (SSSR count). The number of fused-ring (bicyclic) bond motifs is 3. The molecule has 2 aliphatic heterocycles. The minimum Gasteiger partial charge on any atom is -0.393 e. The van der Waals surface area contributed by atoms with Crippen LogP contribution in [0.5, 0.6) is 0 Å². The van der Waals surface area contributed by atoms with E-state index >= 15 is 0 Å². The molecule has 6 atom stereocenters. The second kappa shape index (κ2) is 5.00. The van der Waals surface area contributed by atoms with E-state index in [2.05, 4.69) is 26.8 Å². The highest BCUT2D eigenvalue weighted by molar-refractivity contribution is 5.43. The molecule has 4 nitrogen and oxygen atoms in total. The van der Waals surface area contributed by atoms with Crippen LogP contribution in [-0.4, -0.2) is 41.4 Å². The summed E-state index contributed by atoms with van der Waals surface area (Å²) in [4.78, 5) is 0. The van der Waals surface area contributed by atoms with E-state index in [-0.39, 0.29) is 28.1 Å². The van der Waals surface area contributed by atoms with Gasteiger partial charge in [-0.3, -0.25) is 0 Å². The Balaban J connectivity index is 1.29. The van der Waals surface area contributed by atoms with Gasteiger partial charge in [0, 0.05) is 23.7 Å². The third kappa shape index (κ3) is 2.09. The van der Waals surface area contributed by atoms with E-state index < -0.39 is 5.79 Å². The van der Waals surface area contributed by atoms with Gasteiger partial charge in [0.2, 0.25) is 0 Å². The quantitative estimate of drug-likeness (QED) is 0.515. The molecule has 1 spiro atoms. The van der Waals surface area contributed by atoms with E-state index in [0.717, 1.165) is 51.7 Å². The van der Waals surface area contributed by atoms with Gasteiger partial charge in [0.05, 0.1) is 19.3 Å². The molecule has 5 fully saturated rings. The Morgan fingerprint density at radius 1 is 1.00 bits per heavy atom. The maximum absolute atomic E-state index is 10.6. The molecule has 0 amide bonds. The van der Waals surface area contributed by atoms with E-state index in [1.54, 1.807) is 5.57 Å². The first kappa shape index (κ1) is 17.4. The highest BCUT2D eigenvalue weighted by Crippen LogP contribution is 2.73. The van der Waals surface area contributed by atoms with Gasteiger partial charge in [0.15, 0.2) is 5.79 Å². The molecule has 3 saturated carbocycles. The molecule has 4 heteroatoms. The Kier molecular flexibility index (Phi) is 3.23. The Labute approximate surface area is 162 Å². The number of epoxide rings is 1. The smallest absolute Gasteiger partial charge is 0.171 e. The molecule has 27 heavy (non-hydrogen) atoms. The summed E-state index contributed by atoms with van der Waals surface area (Å²) in [5, 5.41) is 10.6. The maximum Gasteiger partial charge on any atom is 0.171 e. The van der Waals surface area contributed by atoms with Gasteiger partial charge >= 0.3 is 0 Å². The lowest BCUT2D eigenvalue weighted by atomic mass is 9.54. The summed E-state index contributed by atoms with van der Waals surface area (Å²) in [6, 6.07) is 0. The van der Waals surface area contributed by atoms with Gasteiger partial charge in [-0.15, -0.1) is 0 Å². The molecule has 2 heterocycles. The molecule has 1 N–H and O–H groups in total. The minimum atomic E-state index is -0.421. The zero-order valence-corrected chi connectivity index (χ0v) is 17.1. The molecule has 0 bridgehead atoms. The summed E-state index contributed by atoms with van der Waals surface area (Å²) in [6.07, 6.45) is 10.7. The van der Waals surface area contributed by atoms with Crippen molar-refractivity contribution in [2.24, 2.45) is 22.7 Å². The molecule has 150 valence electrons. The third-order valence-electron chi connectivity index (χ3n) is 9.26. The second-order valence-electron chi connectivity index (χ2n) is 11.5. The number of hydrogen-bond acceptors (Lipinski definition) is 4. The molecule has 2 saturated heterocycles. The summed E-state index contributed by atoms with van der Waals surface area (Å²) < 4.78 is 19.4. The summed E-state index contributed by atoms with van der Waals surface area (Å²) in [5.41, 5.74) is 1.67. The molecule has 0 aromatic carbocycles. The van der Waals surface area contributed by atoms with Gasteiger partial charge in [0.1, 0.15) is 11.2 Å². The van der Waals surface area contributed by atoms with Crippen LogP contribution in [0.25, 0.3) is 0 Å². The van der Waals surface area contributed by atoms with Gasteiger partial charge < -0.3 is 19.3 Å². The lowest BCUT2D eigenvalue weighted by Gasteiger charge is -2.52. The van der Waals surface area contributed by atoms with Crippen molar-refractivity contribution in [3.05, 3.63) is 11.6 Å². The van der Waals surface area contributed by atoms with E-state index in [4.69, 9.17) is 14.2 Å². The topological polar surface area (TPSA) is 51.2 Å². The number of allylic oxidation sites excluding steroid dienone is 1. The number of hydrogen-bond donors (Lipinski definition) is 1. The first-order valence-corrected chi connectivity index (χ1v) is 11.1. The monoisotopic (exact) mass is 374 g/mol. The van der Waals surface area contributed by atoms with E-state index in [1.807, 2.05) is 0 Å². The van der Waals surface area contributed by atoms with Gasteiger partial charge in [0.25, 0.3) is 0 Å². The number of aliphatic hydroxyl groups excluding tert-OH is 1.